The molecule has 1 amide bonds. The quantitative estimate of drug-likeness (QED) is 0.341. The minimum atomic E-state index is -2.87. The zero-order valence-electron chi connectivity index (χ0n) is 16.6. The lowest BCUT2D eigenvalue weighted by atomic mass is 10.0. The summed E-state index contributed by atoms with van der Waals surface area (Å²) >= 11 is 0. The second-order valence-electron chi connectivity index (χ2n) is 7.05. The third-order valence-corrected chi connectivity index (χ3v) is 4.79. The SMILES string of the molecule is CN=C(NCCNC(=O)CC1CCCC1)NCc1cc(C)ccc1OC(F)F. The first-order valence-corrected chi connectivity index (χ1v) is 9.73. The second kappa shape index (κ2) is 11.5. The van der Waals surface area contributed by atoms with E-state index in [1.807, 2.05) is 6.92 Å². The van der Waals surface area contributed by atoms with Gasteiger partial charge in [0.15, 0.2) is 5.96 Å². The van der Waals surface area contributed by atoms with Crippen molar-refractivity contribution in [2.24, 2.45) is 10.9 Å². The number of carbonyl (C=O) groups is 1. The van der Waals surface area contributed by atoms with Gasteiger partial charge in [0.25, 0.3) is 0 Å². The van der Waals surface area contributed by atoms with Crippen molar-refractivity contribution in [2.75, 3.05) is 20.1 Å². The molecule has 0 aromatic heterocycles. The first-order valence-electron chi connectivity index (χ1n) is 9.73. The molecule has 1 saturated carbocycles. The van der Waals surface area contributed by atoms with Crippen molar-refractivity contribution in [1.29, 1.82) is 0 Å². The Hall–Kier alpha value is -2.38. The lowest BCUT2D eigenvalue weighted by Gasteiger charge is -2.15. The molecule has 156 valence electrons. The van der Waals surface area contributed by atoms with Crippen molar-refractivity contribution in [1.82, 2.24) is 16.0 Å². The Kier molecular flexibility index (Phi) is 8.97. The molecule has 0 atom stereocenters. The molecule has 0 bridgehead atoms. The Morgan fingerprint density at radius 3 is 2.61 bits per heavy atom. The molecule has 3 N–H and O–H groups in total. The zero-order valence-corrected chi connectivity index (χ0v) is 16.6. The van der Waals surface area contributed by atoms with Crippen LogP contribution in [0.4, 0.5) is 8.78 Å². The fraction of sp³-hybridized carbons (Fsp3) is 0.600. The van der Waals surface area contributed by atoms with E-state index in [0.717, 1.165) is 18.4 Å². The van der Waals surface area contributed by atoms with E-state index in [9.17, 15) is 13.6 Å². The molecule has 1 aromatic carbocycles. The molecule has 0 aliphatic heterocycles. The standard InChI is InChI=1S/C20H30F2N4O2/c1-14-7-8-17(28-19(21)22)16(11-14)13-26-20(23-2)25-10-9-24-18(27)12-15-5-3-4-6-15/h7-8,11,15,19H,3-6,9-10,12-13H2,1-2H3,(H,24,27)(H2,23,25,26). The minimum Gasteiger partial charge on any atom is -0.434 e. The Bertz CT molecular complexity index is 662. The average Bonchev–Trinajstić information content (AvgIpc) is 3.15. The summed E-state index contributed by atoms with van der Waals surface area (Å²) in [6.07, 6.45) is 5.36. The normalized spacial score (nSPS) is 15.0. The minimum absolute atomic E-state index is 0.0881. The molecule has 1 aliphatic carbocycles. The maximum absolute atomic E-state index is 12.6. The molecule has 28 heavy (non-hydrogen) atoms. The molecule has 8 heteroatoms. The number of benzene rings is 1. The van der Waals surface area contributed by atoms with Crippen LogP contribution in [0.1, 0.15) is 43.2 Å². The van der Waals surface area contributed by atoms with Crippen LogP contribution < -0.4 is 20.7 Å². The highest BCUT2D eigenvalue weighted by molar-refractivity contribution is 5.80. The predicted molar refractivity (Wildman–Crippen MR) is 106 cm³/mol. The number of aryl methyl sites for hydroxylation is 1. The van der Waals surface area contributed by atoms with Gasteiger partial charge in [0.1, 0.15) is 5.75 Å². The number of carbonyl (C=O) groups excluding carboxylic acids is 1. The van der Waals surface area contributed by atoms with Crippen LogP contribution in [0.15, 0.2) is 23.2 Å². The van der Waals surface area contributed by atoms with Gasteiger partial charge in [-0.3, -0.25) is 9.79 Å². The highest BCUT2D eigenvalue weighted by atomic mass is 19.3. The predicted octanol–water partition coefficient (Wildman–Crippen LogP) is 2.96. The van der Waals surface area contributed by atoms with Crippen LogP contribution in [-0.4, -0.2) is 38.6 Å². The fourth-order valence-electron chi connectivity index (χ4n) is 3.39. The molecular formula is C20H30F2N4O2. The van der Waals surface area contributed by atoms with Crippen LogP contribution in [0.25, 0.3) is 0 Å². The van der Waals surface area contributed by atoms with Crippen molar-refractivity contribution in [3.8, 4) is 5.75 Å². The molecule has 1 aliphatic rings. The molecule has 0 radical (unpaired) electrons. The number of guanidine groups is 1. The van der Waals surface area contributed by atoms with Crippen LogP contribution in [0.2, 0.25) is 0 Å². The van der Waals surface area contributed by atoms with Gasteiger partial charge in [0, 0.05) is 38.7 Å². The third kappa shape index (κ3) is 7.70. The summed E-state index contributed by atoms with van der Waals surface area (Å²) in [6.45, 7) is 0.321. The molecule has 0 heterocycles. The van der Waals surface area contributed by atoms with Gasteiger partial charge < -0.3 is 20.7 Å². The van der Waals surface area contributed by atoms with Crippen LogP contribution >= 0.6 is 0 Å². The largest absolute Gasteiger partial charge is 0.434 e. The zero-order chi connectivity index (χ0) is 20.4. The summed E-state index contributed by atoms with van der Waals surface area (Å²) in [5.74, 6) is 1.28. The average molecular weight is 396 g/mol. The van der Waals surface area contributed by atoms with Gasteiger partial charge in [-0.2, -0.15) is 8.78 Å². The number of amides is 1. The number of nitrogens with one attached hydrogen (secondary N) is 3. The first kappa shape index (κ1) is 21.9. The number of ether oxygens (including phenoxy) is 1. The second-order valence-corrected chi connectivity index (χ2v) is 7.05. The van der Waals surface area contributed by atoms with Crippen LogP contribution in [0.5, 0.6) is 5.75 Å². The monoisotopic (exact) mass is 396 g/mol. The van der Waals surface area contributed by atoms with Gasteiger partial charge in [-0.05, 0) is 31.7 Å². The molecule has 1 aromatic rings. The van der Waals surface area contributed by atoms with E-state index in [-0.39, 0.29) is 18.2 Å². The van der Waals surface area contributed by atoms with E-state index in [1.54, 1.807) is 19.2 Å². The lowest BCUT2D eigenvalue weighted by molar-refractivity contribution is -0.121. The van der Waals surface area contributed by atoms with Gasteiger partial charge in [0.2, 0.25) is 5.91 Å². The van der Waals surface area contributed by atoms with E-state index in [1.165, 1.54) is 18.9 Å². The highest BCUT2D eigenvalue weighted by Crippen LogP contribution is 2.27. The number of halogens is 2. The van der Waals surface area contributed by atoms with Crippen LogP contribution in [0, 0.1) is 12.8 Å². The first-order chi connectivity index (χ1) is 13.5. The fourth-order valence-corrected chi connectivity index (χ4v) is 3.39. The lowest BCUT2D eigenvalue weighted by Crippen LogP contribution is -2.41. The van der Waals surface area contributed by atoms with E-state index < -0.39 is 6.61 Å². The molecule has 0 unspecified atom stereocenters. The molecule has 2 rings (SSSR count). The van der Waals surface area contributed by atoms with Crippen molar-refractivity contribution in [3.63, 3.8) is 0 Å². The van der Waals surface area contributed by atoms with Gasteiger partial charge in [-0.25, -0.2) is 0 Å². The summed E-state index contributed by atoms with van der Waals surface area (Å²) in [7, 11) is 1.63. The third-order valence-electron chi connectivity index (χ3n) is 4.79. The number of nitrogens with zero attached hydrogens (tertiary/aromatic N) is 1. The van der Waals surface area contributed by atoms with Crippen molar-refractivity contribution in [2.45, 2.75) is 52.2 Å². The van der Waals surface area contributed by atoms with Gasteiger partial charge >= 0.3 is 6.61 Å². The van der Waals surface area contributed by atoms with E-state index in [4.69, 9.17) is 0 Å². The summed E-state index contributed by atoms with van der Waals surface area (Å²) in [5, 5.41) is 9.09. The Morgan fingerprint density at radius 2 is 1.93 bits per heavy atom. The summed E-state index contributed by atoms with van der Waals surface area (Å²) < 4.78 is 29.7. The summed E-state index contributed by atoms with van der Waals surface area (Å²) in [6, 6.07) is 5.05. The van der Waals surface area contributed by atoms with Gasteiger partial charge in [0.05, 0.1) is 0 Å². The Morgan fingerprint density at radius 1 is 1.21 bits per heavy atom. The maximum atomic E-state index is 12.6. The number of hydrogen-bond acceptors (Lipinski definition) is 3. The van der Waals surface area contributed by atoms with E-state index >= 15 is 0 Å². The van der Waals surface area contributed by atoms with Crippen LogP contribution in [-0.2, 0) is 11.3 Å². The maximum Gasteiger partial charge on any atom is 0.387 e. The molecular weight excluding hydrogens is 366 g/mol. The highest BCUT2D eigenvalue weighted by Gasteiger charge is 2.18. The number of aliphatic imine (C=N–C) groups is 1. The summed E-state index contributed by atoms with van der Waals surface area (Å²) in [4.78, 5) is 16.0. The van der Waals surface area contributed by atoms with Gasteiger partial charge in [-0.15, -0.1) is 0 Å². The topological polar surface area (TPSA) is 74.8 Å². The Balaban J connectivity index is 1.72. The number of rotatable bonds is 9. The van der Waals surface area contributed by atoms with Crippen molar-refractivity contribution in [3.05, 3.63) is 29.3 Å². The summed E-state index contributed by atoms with van der Waals surface area (Å²) in [5.41, 5.74) is 1.57. The number of hydrogen-bond donors (Lipinski definition) is 3. The Labute approximate surface area is 165 Å². The molecule has 1 fully saturated rings. The van der Waals surface area contributed by atoms with Crippen LogP contribution in [0.3, 0.4) is 0 Å². The smallest absolute Gasteiger partial charge is 0.387 e. The van der Waals surface area contributed by atoms with Crippen molar-refractivity contribution < 1.29 is 18.3 Å². The molecule has 6 nitrogen and oxygen atoms in total. The molecule has 0 saturated heterocycles. The molecule has 0 spiro atoms. The van der Waals surface area contributed by atoms with Crippen molar-refractivity contribution >= 4 is 11.9 Å². The van der Waals surface area contributed by atoms with E-state index in [2.05, 4.69) is 25.7 Å². The van der Waals surface area contributed by atoms with Gasteiger partial charge in [-0.1, -0.05) is 30.5 Å². The van der Waals surface area contributed by atoms with E-state index in [0.29, 0.717) is 37.0 Å². The number of alkyl halides is 2.